The fourth-order valence-corrected chi connectivity index (χ4v) is 7.49. The summed E-state index contributed by atoms with van der Waals surface area (Å²) in [6, 6.07) is 17.3. The number of allylic oxidation sites excluding steroid dienone is 2. The van der Waals surface area contributed by atoms with Gasteiger partial charge in [0, 0.05) is 49.7 Å². The molecule has 242 valence electrons. The monoisotopic (exact) mass is 641 g/mol. The summed E-state index contributed by atoms with van der Waals surface area (Å²) in [5, 5.41) is 12.0. The quantitative estimate of drug-likeness (QED) is 0.336. The van der Waals surface area contributed by atoms with Crippen molar-refractivity contribution in [2.24, 2.45) is 11.3 Å². The average Bonchev–Trinajstić information content (AvgIpc) is 3.52. The maximum atomic E-state index is 13.8. The molecule has 3 atom stereocenters. The van der Waals surface area contributed by atoms with Crippen molar-refractivity contribution in [3.8, 4) is 11.3 Å². The third-order valence-electron chi connectivity index (χ3n) is 9.56. The first-order valence-electron chi connectivity index (χ1n) is 16.3. The normalized spacial score (nSPS) is 24.5. The van der Waals surface area contributed by atoms with Gasteiger partial charge in [-0.25, -0.2) is 4.98 Å². The third kappa shape index (κ3) is 7.92. The van der Waals surface area contributed by atoms with Crippen LogP contribution in [-0.2, 0) is 25.5 Å². The molecule has 1 spiro atoms. The van der Waals surface area contributed by atoms with Gasteiger partial charge in [-0.05, 0) is 50.5 Å². The first kappa shape index (κ1) is 32.1. The Bertz CT molecular complexity index is 1530. The van der Waals surface area contributed by atoms with Gasteiger partial charge in [-0.1, -0.05) is 72.3 Å². The Balaban J connectivity index is 1.13. The third-order valence-corrected chi connectivity index (χ3v) is 10.3. The van der Waals surface area contributed by atoms with Gasteiger partial charge < -0.3 is 20.7 Å². The maximum absolute atomic E-state index is 13.8. The number of aryl methyl sites for hydroxylation is 1. The van der Waals surface area contributed by atoms with Gasteiger partial charge in [-0.15, -0.1) is 11.3 Å². The zero-order chi connectivity index (χ0) is 31.9. The van der Waals surface area contributed by atoms with Crippen LogP contribution in [0.2, 0.25) is 0 Å². The van der Waals surface area contributed by atoms with Crippen molar-refractivity contribution in [3.63, 3.8) is 0 Å². The van der Waals surface area contributed by atoms with Crippen molar-refractivity contribution in [3.05, 3.63) is 83.3 Å². The van der Waals surface area contributed by atoms with Gasteiger partial charge in [0.25, 0.3) is 0 Å². The molecule has 3 aromatic rings. The van der Waals surface area contributed by atoms with E-state index in [2.05, 4.69) is 57.0 Å². The largest absolute Gasteiger partial charge is 0.381 e. The number of ether oxygens (including phenoxy) is 1. The van der Waals surface area contributed by atoms with Gasteiger partial charge in [0.05, 0.1) is 17.7 Å². The van der Waals surface area contributed by atoms with E-state index in [9.17, 15) is 14.4 Å². The van der Waals surface area contributed by atoms with Crippen molar-refractivity contribution in [1.82, 2.24) is 20.5 Å². The second-order valence-corrected chi connectivity index (χ2v) is 13.7. The molecule has 2 fully saturated rings. The van der Waals surface area contributed by atoms with Gasteiger partial charge in [0.1, 0.15) is 6.04 Å². The maximum Gasteiger partial charge on any atom is 0.243 e. The summed E-state index contributed by atoms with van der Waals surface area (Å²) in [4.78, 5) is 47.5. The molecule has 4 heterocycles. The molecule has 2 aromatic carbocycles. The molecule has 0 radical (unpaired) electrons. The number of likely N-dealkylation sites (tertiary alicyclic amines) is 1. The molecule has 2 saturated heterocycles. The minimum Gasteiger partial charge on any atom is -0.381 e. The minimum absolute atomic E-state index is 0.0564. The number of piperidine rings is 1. The van der Waals surface area contributed by atoms with E-state index in [4.69, 9.17) is 4.74 Å². The van der Waals surface area contributed by atoms with E-state index in [1.54, 1.807) is 0 Å². The summed E-state index contributed by atoms with van der Waals surface area (Å²) in [7, 11) is 0. The Morgan fingerprint density at radius 2 is 1.85 bits per heavy atom. The molecule has 6 rings (SSSR count). The molecule has 0 bridgehead atoms. The molecule has 0 saturated carbocycles. The summed E-state index contributed by atoms with van der Waals surface area (Å²) in [6.07, 6.45) is 8.07. The summed E-state index contributed by atoms with van der Waals surface area (Å²) in [5.74, 6) is -0.185. The van der Waals surface area contributed by atoms with Crippen molar-refractivity contribution in [2.45, 2.75) is 57.5 Å². The van der Waals surface area contributed by atoms with Crippen LogP contribution in [0.3, 0.4) is 0 Å². The number of carbonyl (C=O) groups excluding carboxylic acids is 3. The first-order valence-corrected chi connectivity index (χ1v) is 17.2. The smallest absolute Gasteiger partial charge is 0.243 e. The number of aromatic nitrogens is 1. The topological polar surface area (TPSA) is 113 Å². The molecular formula is C36H43N5O4S. The highest BCUT2D eigenvalue weighted by Crippen LogP contribution is 2.36. The Morgan fingerprint density at radius 3 is 2.63 bits per heavy atom. The number of nitrogens with one attached hydrogen (secondary N) is 3. The summed E-state index contributed by atoms with van der Waals surface area (Å²) in [6.45, 7) is 4.75. The number of rotatable bonds is 6. The lowest BCUT2D eigenvalue weighted by atomic mass is 9.75. The number of anilines is 1. The van der Waals surface area contributed by atoms with Crippen molar-refractivity contribution in [1.29, 1.82) is 0 Å². The van der Waals surface area contributed by atoms with Crippen LogP contribution in [0.15, 0.2) is 72.1 Å². The summed E-state index contributed by atoms with van der Waals surface area (Å²) in [5.41, 5.74) is 3.47. The summed E-state index contributed by atoms with van der Waals surface area (Å²) >= 11 is 1.42. The number of thiazole rings is 1. The Labute approximate surface area is 274 Å². The lowest BCUT2D eigenvalue weighted by Crippen LogP contribution is -2.58. The van der Waals surface area contributed by atoms with Gasteiger partial charge in [0.15, 0.2) is 5.13 Å². The molecule has 3 N–H and O–H groups in total. The van der Waals surface area contributed by atoms with E-state index in [1.807, 2.05) is 47.8 Å². The number of hydrogen-bond acceptors (Lipinski definition) is 7. The Hall–Kier alpha value is -3.86. The highest BCUT2D eigenvalue weighted by molar-refractivity contribution is 7.14. The molecular weight excluding hydrogens is 598 g/mol. The minimum atomic E-state index is -0.675. The van der Waals surface area contributed by atoms with Gasteiger partial charge >= 0.3 is 0 Å². The molecule has 3 aliphatic rings. The second kappa shape index (κ2) is 14.7. The number of amides is 3. The highest BCUT2D eigenvalue weighted by atomic mass is 32.1. The lowest BCUT2D eigenvalue weighted by Gasteiger charge is -2.40. The Morgan fingerprint density at radius 1 is 1.07 bits per heavy atom. The van der Waals surface area contributed by atoms with Crippen LogP contribution < -0.4 is 16.0 Å². The van der Waals surface area contributed by atoms with E-state index in [-0.39, 0.29) is 36.2 Å². The first-order chi connectivity index (χ1) is 22.4. The van der Waals surface area contributed by atoms with E-state index in [1.165, 1.54) is 16.9 Å². The molecule has 3 aliphatic heterocycles. The standard InChI is InChI=1S/C36H43N5O4S/c1-25-10-12-27(13-11-25)31-24-46-35(39-31)40-32(42)23-41-18-14-29-28(22-41)9-5-6-15-36(16-19-45-20-17-36)34(44)38-30(33(43)37-29)21-26-7-3-2-4-8-26/h2-8,10-13,24,28-30H,9,14-23H2,1H3,(H,37,43)(H,38,44)(H,39,40,42)/b6-5+/t28-,29+,30-/m0/s1. The lowest BCUT2D eigenvalue weighted by molar-refractivity contribution is -0.140. The fourth-order valence-electron chi connectivity index (χ4n) is 6.75. The van der Waals surface area contributed by atoms with E-state index >= 15 is 0 Å². The molecule has 46 heavy (non-hydrogen) atoms. The number of benzene rings is 2. The van der Waals surface area contributed by atoms with Crippen LogP contribution in [-0.4, -0.2) is 72.5 Å². The number of hydrogen-bond donors (Lipinski definition) is 3. The van der Waals surface area contributed by atoms with Gasteiger partial charge in [-0.2, -0.15) is 0 Å². The van der Waals surface area contributed by atoms with E-state index in [0.717, 1.165) is 29.7 Å². The zero-order valence-electron chi connectivity index (χ0n) is 26.4. The molecule has 0 unspecified atom stereocenters. The van der Waals surface area contributed by atoms with Crippen LogP contribution >= 0.6 is 11.3 Å². The molecule has 3 amide bonds. The molecule has 9 nitrogen and oxygen atoms in total. The number of nitrogens with zero attached hydrogens (tertiary/aromatic N) is 2. The summed E-state index contributed by atoms with van der Waals surface area (Å²) < 4.78 is 5.61. The predicted molar refractivity (Wildman–Crippen MR) is 180 cm³/mol. The van der Waals surface area contributed by atoms with E-state index in [0.29, 0.717) is 57.1 Å². The molecule has 1 aromatic heterocycles. The van der Waals surface area contributed by atoms with Crippen LogP contribution in [0.5, 0.6) is 0 Å². The Kier molecular flexibility index (Phi) is 10.3. The number of fused-ring (bicyclic) bond motifs is 1. The van der Waals surface area contributed by atoms with Crippen LogP contribution in [0.4, 0.5) is 5.13 Å². The molecule has 10 heteroatoms. The van der Waals surface area contributed by atoms with Crippen molar-refractivity contribution < 1.29 is 19.1 Å². The van der Waals surface area contributed by atoms with Crippen molar-refractivity contribution in [2.75, 3.05) is 38.2 Å². The predicted octanol–water partition coefficient (Wildman–Crippen LogP) is 4.74. The number of carbonyl (C=O) groups is 3. The van der Waals surface area contributed by atoms with Crippen LogP contribution in [0.1, 0.15) is 43.2 Å². The van der Waals surface area contributed by atoms with E-state index < -0.39 is 11.5 Å². The van der Waals surface area contributed by atoms with Crippen molar-refractivity contribution >= 4 is 34.2 Å². The highest BCUT2D eigenvalue weighted by Gasteiger charge is 2.41. The average molecular weight is 642 g/mol. The zero-order valence-corrected chi connectivity index (χ0v) is 27.2. The van der Waals surface area contributed by atoms with Crippen LogP contribution in [0, 0.1) is 18.3 Å². The second-order valence-electron chi connectivity index (χ2n) is 12.9. The van der Waals surface area contributed by atoms with Gasteiger partial charge in [0.2, 0.25) is 17.7 Å². The van der Waals surface area contributed by atoms with Crippen LogP contribution in [0.25, 0.3) is 11.3 Å². The van der Waals surface area contributed by atoms with Gasteiger partial charge in [-0.3, -0.25) is 19.3 Å². The molecule has 0 aliphatic carbocycles. The fraction of sp³-hybridized carbons (Fsp3) is 0.444. The SMILES string of the molecule is Cc1ccc(-c2csc(NC(=O)CN3CC[C@H]4NC(=O)[C@H](Cc5ccccc5)NC(=O)C5(C/C=C/C[C@H]4C3)CCOCC5)n2)cc1.